The summed E-state index contributed by atoms with van der Waals surface area (Å²) < 4.78 is 5.58. The Kier molecular flexibility index (Phi) is 5.82. The number of carbonyl (C=O) groups excluding carboxylic acids is 2. The summed E-state index contributed by atoms with van der Waals surface area (Å²) in [6, 6.07) is 5.06. The van der Waals surface area contributed by atoms with Gasteiger partial charge in [-0.3, -0.25) is 4.79 Å². The molecule has 1 amide bonds. The lowest BCUT2D eigenvalue weighted by Crippen LogP contribution is -2.45. The fourth-order valence-electron chi connectivity index (χ4n) is 1.58. The number of rotatable bonds is 5. The highest BCUT2D eigenvalue weighted by atomic mass is 79.9. The molecule has 1 rings (SSSR count). The third-order valence-corrected chi connectivity index (χ3v) is 3.60. The molecule has 5 nitrogen and oxygen atoms in total. The third-order valence-electron chi connectivity index (χ3n) is 2.55. The van der Waals surface area contributed by atoms with E-state index >= 15 is 0 Å². The molecule has 0 heterocycles. The van der Waals surface area contributed by atoms with Gasteiger partial charge in [-0.2, -0.15) is 0 Å². The summed E-state index contributed by atoms with van der Waals surface area (Å²) in [4.78, 5) is 22.6. The van der Waals surface area contributed by atoms with E-state index in [1.807, 2.05) is 25.1 Å². The molecule has 0 saturated carbocycles. The summed E-state index contributed by atoms with van der Waals surface area (Å²) in [6.45, 7) is 3.59. The predicted molar refractivity (Wildman–Crippen MR) is 77.0 cm³/mol. The normalized spacial score (nSPS) is 11.6. The van der Waals surface area contributed by atoms with Gasteiger partial charge in [0, 0.05) is 23.6 Å². The molecule has 1 aromatic carbocycles. The Balaban J connectivity index is 2.73. The molecule has 0 aliphatic rings. The lowest BCUT2D eigenvalue weighted by atomic mass is 10.2. The molecule has 0 aliphatic carbocycles. The maximum Gasteiger partial charge on any atom is 0.330 e. The molecule has 0 saturated heterocycles. The van der Waals surface area contributed by atoms with Gasteiger partial charge in [-0.05, 0) is 34.5 Å². The molecule has 1 unspecified atom stereocenters. The lowest BCUT2D eigenvalue weighted by molar-refractivity contribution is -0.144. The monoisotopic (exact) mass is 328 g/mol. The van der Waals surface area contributed by atoms with Crippen molar-refractivity contribution in [2.45, 2.75) is 19.9 Å². The summed E-state index contributed by atoms with van der Waals surface area (Å²) in [5, 5.41) is 5.66. The van der Waals surface area contributed by atoms with Crippen LogP contribution in [-0.2, 0) is 14.3 Å². The molecule has 6 heteroatoms. The maximum atomic E-state index is 11.5. The Hall–Kier alpha value is -1.56. The zero-order valence-electron chi connectivity index (χ0n) is 11.1. The van der Waals surface area contributed by atoms with Crippen LogP contribution in [0, 0.1) is 6.92 Å². The third kappa shape index (κ3) is 4.55. The Bertz CT molecular complexity index is 477. The average Bonchev–Trinajstić information content (AvgIpc) is 2.37. The zero-order valence-corrected chi connectivity index (χ0v) is 12.7. The molecular formula is C13H17BrN2O3. The molecule has 0 spiro atoms. The van der Waals surface area contributed by atoms with E-state index in [1.54, 1.807) is 0 Å². The lowest BCUT2D eigenvalue weighted by Gasteiger charge is -2.17. The highest BCUT2D eigenvalue weighted by Gasteiger charge is 2.20. The minimum atomic E-state index is -0.713. The number of ether oxygens (including phenoxy) is 1. The van der Waals surface area contributed by atoms with Crippen LogP contribution in [0.2, 0.25) is 0 Å². The van der Waals surface area contributed by atoms with E-state index in [-0.39, 0.29) is 12.5 Å². The highest BCUT2D eigenvalue weighted by Crippen LogP contribution is 2.25. The Morgan fingerprint density at radius 1 is 1.42 bits per heavy atom. The van der Waals surface area contributed by atoms with Crippen LogP contribution in [0.3, 0.4) is 0 Å². The van der Waals surface area contributed by atoms with Crippen molar-refractivity contribution in [3.05, 3.63) is 28.2 Å². The number of hydrogen-bond donors (Lipinski definition) is 2. The number of nitrogens with one attached hydrogen (secondary N) is 2. The van der Waals surface area contributed by atoms with Gasteiger partial charge in [0.2, 0.25) is 5.91 Å². The average molecular weight is 329 g/mol. The van der Waals surface area contributed by atoms with Gasteiger partial charge in [0.25, 0.3) is 0 Å². The fraction of sp³-hybridized carbons (Fsp3) is 0.385. The minimum Gasteiger partial charge on any atom is -0.467 e. The summed E-state index contributed by atoms with van der Waals surface area (Å²) in [7, 11) is 1.29. The molecule has 0 aliphatic heterocycles. The van der Waals surface area contributed by atoms with E-state index in [0.29, 0.717) is 0 Å². The van der Waals surface area contributed by atoms with Gasteiger partial charge in [-0.15, -0.1) is 0 Å². The molecule has 0 bridgehead atoms. The second-order valence-corrected chi connectivity index (χ2v) is 4.89. The number of anilines is 1. The Morgan fingerprint density at radius 2 is 2.11 bits per heavy atom. The number of halogens is 1. The standard InChI is InChI=1S/C13H17BrN2O3/c1-8-5-4-6-10(12(8)14)15-7-11(13(18)19-3)16-9(2)17/h4-6,11,15H,7H2,1-3H3,(H,16,17). The number of esters is 1. The first-order valence-corrected chi connectivity index (χ1v) is 6.59. The van der Waals surface area contributed by atoms with Crippen molar-refractivity contribution >= 4 is 33.5 Å². The van der Waals surface area contributed by atoms with Gasteiger partial charge in [0.1, 0.15) is 6.04 Å². The maximum absolute atomic E-state index is 11.5. The zero-order chi connectivity index (χ0) is 14.4. The van der Waals surface area contributed by atoms with Crippen molar-refractivity contribution in [2.24, 2.45) is 0 Å². The number of aryl methyl sites for hydroxylation is 1. The van der Waals surface area contributed by atoms with Gasteiger partial charge < -0.3 is 15.4 Å². The van der Waals surface area contributed by atoms with Crippen molar-refractivity contribution in [3.8, 4) is 0 Å². The van der Waals surface area contributed by atoms with Crippen LogP contribution in [0.4, 0.5) is 5.69 Å². The fourth-order valence-corrected chi connectivity index (χ4v) is 1.98. The molecule has 19 heavy (non-hydrogen) atoms. The minimum absolute atomic E-state index is 0.258. The van der Waals surface area contributed by atoms with E-state index < -0.39 is 12.0 Å². The van der Waals surface area contributed by atoms with Crippen molar-refractivity contribution in [3.63, 3.8) is 0 Å². The first-order chi connectivity index (χ1) is 8.95. The van der Waals surface area contributed by atoms with Gasteiger partial charge in [0.05, 0.1) is 7.11 Å². The smallest absolute Gasteiger partial charge is 0.330 e. The molecular weight excluding hydrogens is 312 g/mol. The SMILES string of the molecule is COC(=O)C(CNc1cccc(C)c1Br)NC(C)=O. The molecule has 0 radical (unpaired) electrons. The second-order valence-electron chi connectivity index (χ2n) is 4.09. The highest BCUT2D eigenvalue weighted by molar-refractivity contribution is 9.10. The number of benzene rings is 1. The van der Waals surface area contributed by atoms with E-state index in [9.17, 15) is 9.59 Å². The molecule has 104 valence electrons. The molecule has 2 N–H and O–H groups in total. The second kappa shape index (κ2) is 7.13. The van der Waals surface area contributed by atoms with Crippen LogP contribution in [0.25, 0.3) is 0 Å². The number of carbonyl (C=O) groups is 2. The number of hydrogen-bond acceptors (Lipinski definition) is 4. The van der Waals surface area contributed by atoms with E-state index in [0.717, 1.165) is 15.7 Å². The van der Waals surface area contributed by atoms with Crippen molar-refractivity contribution < 1.29 is 14.3 Å². The molecule has 0 fully saturated rings. The van der Waals surface area contributed by atoms with E-state index in [2.05, 4.69) is 31.3 Å². The number of methoxy groups -OCH3 is 1. The predicted octanol–water partition coefficient (Wildman–Crippen LogP) is 1.85. The Labute approximate surface area is 120 Å². The largest absolute Gasteiger partial charge is 0.467 e. The summed E-state index contributed by atoms with van der Waals surface area (Å²) in [5.41, 5.74) is 1.94. The quantitative estimate of drug-likeness (QED) is 0.809. The van der Waals surface area contributed by atoms with Crippen molar-refractivity contribution in [1.82, 2.24) is 5.32 Å². The van der Waals surface area contributed by atoms with Gasteiger partial charge >= 0.3 is 5.97 Å². The first kappa shape index (κ1) is 15.5. The van der Waals surface area contributed by atoms with Crippen molar-refractivity contribution in [1.29, 1.82) is 0 Å². The summed E-state index contributed by atoms with van der Waals surface area (Å²) >= 11 is 3.47. The van der Waals surface area contributed by atoms with Gasteiger partial charge in [-0.1, -0.05) is 12.1 Å². The van der Waals surface area contributed by atoms with Crippen LogP contribution >= 0.6 is 15.9 Å². The summed E-state index contributed by atoms with van der Waals surface area (Å²) in [5.74, 6) is -0.757. The van der Waals surface area contributed by atoms with E-state index in [4.69, 9.17) is 0 Å². The van der Waals surface area contributed by atoms with Crippen LogP contribution in [-0.4, -0.2) is 31.6 Å². The van der Waals surface area contributed by atoms with Crippen LogP contribution in [0.1, 0.15) is 12.5 Å². The summed E-state index contributed by atoms with van der Waals surface area (Å²) in [6.07, 6.45) is 0. The van der Waals surface area contributed by atoms with Gasteiger partial charge in [0.15, 0.2) is 0 Å². The Morgan fingerprint density at radius 3 is 2.68 bits per heavy atom. The van der Waals surface area contributed by atoms with Crippen molar-refractivity contribution in [2.75, 3.05) is 19.0 Å². The molecule has 1 aromatic rings. The molecule has 0 aromatic heterocycles. The van der Waals surface area contributed by atoms with Gasteiger partial charge in [-0.25, -0.2) is 4.79 Å². The van der Waals surface area contributed by atoms with Crippen LogP contribution < -0.4 is 10.6 Å². The topological polar surface area (TPSA) is 67.4 Å². The number of amides is 1. The first-order valence-electron chi connectivity index (χ1n) is 5.79. The van der Waals surface area contributed by atoms with Crippen LogP contribution in [0.5, 0.6) is 0 Å². The van der Waals surface area contributed by atoms with Crippen LogP contribution in [0.15, 0.2) is 22.7 Å². The molecule has 1 atom stereocenters. The van der Waals surface area contributed by atoms with E-state index in [1.165, 1.54) is 14.0 Å².